The first-order valence-electron chi connectivity index (χ1n) is 9.75. The van der Waals surface area contributed by atoms with Crippen molar-refractivity contribution >= 4 is 5.91 Å². The third kappa shape index (κ3) is 4.78. The summed E-state index contributed by atoms with van der Waals surface area (Å²) in [6.07, 6.45) is -0.579. The minimum Gasteiger partial charge on any atom is -0.485 e. The number of hydrogen-bond donors (Lipinski definition) is 1. The van der Waals surface area contributed by atoms with E-state index in [1.165, 1.54) is 0 Å². The lowest BCUT2D eigenvalue weighted by molar-refractivity contribution is -0.133. The molecule has 3 aromatic carbocycles. The Morgan fingerprint density at radius 3 is 2.13 bits per heavy atom. The third-order valence-electron chi connectivity index (χ3n) is 4.80. The van der Waals surface area contributed by atoms with Crippen molar-refractivity contribution in [1.82, 2.24) is 5.32 Å². The highest BCUT2D eigenvalue weighted by molar-refractivity contribution is 5.77. The van der Waals surface area contributed by atoms with Crippen molar-refractivity contribution in [3.05, 3.63) is 95.3 Å². The van der Waals surface area contributed by atoms with E-state index >= 15 is 4.39 Å². The van der Waals surface area contributed by atoms with Gasteiger partial charge in [-0.2, -0.15) is 0 Å². The van der Waals surface area contributed by atoms with Gasteiger partial charge in [0.25, 0.3) is 0 Å². The van der Waals surface area contributed by atoms with Crippen molar-refractivity contribution in [2.75, 3.05) is 13.2 Å². The molecule has 154 valence electrons. The fraction of sp³-hybridized carbons (Fsp3) is 0.208. The second kappa shape index (κ2) is 9.41. The molecule has 1 N–H and O–H groups in total. The first-order valence-corrected chi connectivity index (χ1v) is 9.75. The van der Waals surface area contributed by atoms with E-state index in [-0.39, 0.29) is 38.0 Å². The van der Waals surface area contributed by atoms with E-state index in [9.17, 15) is 4.79 Å². The molecule has 0 radical (unpaired) electrons. The molecule has 1 aliphatic rings. The Morgan fingerprint density at radius 1 is 0.900 bits per heavy atom. The summed E-state index contributed by atoms with van der Waals surface area (Å²) < 4.78 is 32.7. The van der Waals surface area contributed by atoms with Gasteiger partial charge in [-0.1, -0.05) is 60.7 Å². The molecule has 0 aliphatic carbocycles. The molecule has 1 aliphatic heterocycles. The number of benzene rings is 3. The molecule has 5 nitrogen and oxygen atoms in total. The summed E-state index contributed by atoms with van der Waals surface area (Å²) in [4.78, 5) is 11.4. The van der Waals surface area contributed by atoms with Crippen LogP contribution in [0.3, 0.4) is 0 Å². The SMILES string of the molecule is O=C1COC(c2ccc(OCc3ccccc3)c(OCc3ccccc3)c2F)CN1. The monoisotopic (exact) mass is 407 g/mol. The van der Waals surface area contributed by atoms with Crippen LogP contribution in [0, 0.1) is 5.82 Å². The van der Waals surface area contributed by atoms with E-state index in [2.05, 4.69) is 5.32 Å². The van der Waals surface area contributed by atoms with Crippen molar-refractivity contribution < 1.29 is 23.4 Å². The maximum Gasteiger partial charge on any atom is 0.246 e. The predicted octanol–water partition coefficient (Wildman–Crippen LogP) is 4.17. The maximum absolute atomic E-state index is 15.4. The topological polar surface area (TPSA) is 56.8 Å². The van der Waals surface area contributed by atoms with Crippen LogP contribution in [0.1, 0.15) is 22.8 Å². The van der Waals surface area contributed by atoms with Crippen LogP contribution in [0.25, 0.3) is 0 Å². The molecule has 1 unspecified atom stereocenters. The highest BCUT2D eigenvalue weighted by Crippen LogP contribution is 2.37. The Labute approximate surface area is 174 Å². The molecule has 6 heteroatoms. The summed E-state index contributed by atoms with van der Waals surface area (Å²) >= 11 is 0. The summed E-state index contributed by atoms with van der Waals surface area (Å²) in [5, 5.41) is 2.69. The number of morpholine rings is 1. The van der Waals surface area contributed by atoms with Gasteiger partial charge in [0.2, 0.25) is 5.91 Å². The van der Waals surface area contributed by atoms with E-state index < -0.39 is 11.9 Å². The highest BCUT2D eigenvalue weighted by Gasteiger charge is 2.26. The molecular weight excluding hydrogens is 385 g/mol. The van der Waals surface area contributed by atoms with Gasteiger partial charge < -0.3 is 19.5 Å². The van der Waals surface area contributed by atoms with E-state index in [1.807, 2.05) is 60.7 Å². The number of carbonyl (C=O) groups excluding carboxylic acids is 1. The molecule has 1 saturated heterocycles. The van der Waals surface area contributed by atoms with E-state index in [0.717, 1.165) is 11.1 Å². The van der Waals surface area contributed by atoms with Crippen molar-refractivity contribution in [2.45, 2.75) is 19.3 Å². The molecule has 0 bridgehead atoms. The normalized spacial score (nSPS) is 16.0. The molecule has 30 heavy (non-hydrogen) atoms. The van der Waals surface area contributed by atoms with Crippen molar-refractivity contribution in [1.29, 1.82) is 0 Å². The summed E-state index contributed by atoms with van der Waals surface area (Å²) in [6.45, 7) is 0.594. The minimum atomic E-state index is -0.579. The molecule has 4 rings (SSSR count). The van der Waals surface area contributed by atoms with Gasteiger partial charge in [0.1, 0.15) is 25.9 Å². The van der Waals surface area contributed by atoms with Gasteiger partial charge in [-0.25, -0.2) is 4.39 Å². The minimum absolute atomic E-state index is 0.0350. The number of halogens is 1. The Morgan fingerprint density at radius 2 is 1.53 bits per heavy atom. The first kappa shape index (κ1) is 19.9. The number of carbonyl (C=O) groups is 1. The average Bonchev–Trinajstić information content (AvgIpc) is 2.79. The van der Waals surface area contributed by atoms with Crippen LogP contribution in [0.4, 0.5) is 4.39 Å². The zero-order chi connectivity index (χ0) is 20.8. The lowest BCUT2D eigenvalue weighted by Crippen LogP contribution is -2.39. The van der Waals surface area contributed by atoms with Gasteiger partial charge in [-0.3, -0.25) is 4.79 Å². The Kier molecular flexibility index (Phi) is 6.25. The van der Waals surface area contributed by atoms with Crippen molar-refractivity contribution in [3.63, 3.8) is 0 Å². The Bertz CT molecular complexity index is 985. The quantitative estimate of drug-likeness (QED) is 0.639. The van der Waals surface area contributed by atoms with Gasteiger partial charge in [0, 0.05) is 12.1 Å². The lowest BCUT2D eigenvalue weighted by atomic mass is 10.1. The van der Waals surface area contributed by atoms with E-state index in [1.54, 1.807) is 12.1 Å². The van der Waals surface area contributed by atoms with Crippen LogP contribution < -0.4 is 14.8 Å². The van der Waals surface area contributed by atoms with Crippen LogP contribution >= 0.6 is 0 Å². The molecule has 1 atom stereocenters. The summed E-state index contributed by atoms with van der Waals surface area (Å²) in [5.74, 6) is -0.406. The van der Waals surface area contributed by atoms with Gasteiger partial charge >= 0.3 is 0 Å². The van der Waals surface area contributed by atoms with E-state index in [4.69, 9.17) is 14.2 Å². The van der Waals surface area contributed by atoms with Gasteiger partial charge in [-0.15, -0.1) is 0 Å². The number of amides is 1. The van der Waals surface area contributed by atoms with Crippen molar-refractivity contribution in [2.24, 2.45) is 0 Å². The second-order valence-electron chi connectivity index (χ2n) is 6.95. The summed E-state index contributed by atoms with van der Waals surface area (Å²) in [6, 6.07) is 22.5. The van der Waals surface area contributed by atoms with Crippen LogP contribution in [-0.2, 0) is 22.7 Å². The molecule has 0 spiro atoms. The lowest BCUT2D eigenvalue weighted by Gasteiger charge is -2.25. The maximum atomic E-state index is 15.4. The molecule has 0 aromatic heterocycles. The molecule has 1 fully saturated rings. The predicted molar refractivity (Wildman–Crippen MR) is 110 cm³/mol. The molecule has 3 aromatic rings. The highest BCUT2D eigenvalue weighted by atomic mass is 19.1. The summed E-state index contributed by atoms with van der Waals surface area (Å²) in [7, 11) is 0. The van der Waals surface area contributed by atoms with E-state index in [0.29, 0.717) is 11.3 Å². The molecule has 1 heterocycles. The Balaban J connectivity index is 1.58. The fourth-order valence-electron chi connectivity index (χ4n) is 3.21. The fourth-order valence-corrected chi connectivity index (χ4v) is 3.21. The smallest absolute Gasteiger partial charge is 0.246 e. The first-order chi connectivity index (χ1) is 14.7. The van der Waals surface area contributed by atoms with Crippen molar-refractivity contribution in [3.8, 4) is 11.5 Å². The number of rotatable bonds is 7. The number of ether oxygens (including phenoxy) is 3. The second-order valence-corrected chi connectivity index (χ2v) is 6.95. The van der Waals surface area contributed by atoms with Crippen LogP contribution in [0.2, 0.25) is 0 Å². The van der Waals surface area contributed by atoms with Gasteiger partial charge in [-0.05, 0) is 23.3 Å². The Hall–Kier alpha value is -3.38. The zero-order valence-corrected chi connectivity index (χ0v) is 16.3. The molecular formula is C24H22FNO4. The van der Waals surface area contributed by atoms with Gasteiger partial charge in [0.15, 0.2) is 17.3 Å². The number of hydrogen-bond acceptors (Lipinski definition) is 4. The van der Waals surface area contributed by atoms with Crippen LogP contribution in [0.15, 0.2) is 72.8 Å². The van der Waals surface area contributed by atoms with Crippen LogP contribution in [-0.4, -0.2) is 19.1 Å². The standard InChI is InChI=1S/C24H22FNO4/c25-23-19(21-13-26-22(27)16-29-21)11-12-20(28-14-17-7-3-1-4-8-17)24(23)30-15-18-9-5-2-6-10-18/h1-12,21H,13-16H2,(H,26,27). The zero-order valence-electron chi connectivity index (χ0n) is 16.3. The number of nitrogens with one attached hydrogen (secondary N) is 1. The average molecular weight is 407 g/mol. The van der Waals surface area contributed by atoms with Crippen LogP contribution in [0.5, 0.6) is 11.5 Å². The molecule has 1 amide bonds. The molecule has 0 saturated carbocycles. The third-order valence-corrected chi connectivity index (χ3v) is 4.80. The van der Waals surface area contributed by atoms with Gasteiger partial charge in [0.05, 0.1) is 0 Å². The largest absolute Gasteiger partial charge is 0.485 e. The summed E-state index contributed by atoms with van der Waals surface area (Å²) in [5.41, 5.74) is 2.21.